The Hall–Kier alpha value is -1.62. The van der Waals surface area contributed by atoms with E-state index in [0.29, 0.717) is 6.54 Å². The predicted molar refractivity (Wildman–Crippen MR) is 77.6 cm³/mol. The molecule has 10 heteroatoms. The third-order valence-electron chi connectivity index (χ3n) is 3.35. The highest BCUT2D eigenvalue weighted by atomic mass is 32.2. The fraction of sp³-hybridized carbons (Fsp3) is 0.500. The van der Waals surface area contributed by atoms with E-state index >= 15 is 0 Å². The van der Waals surface area contributed by atoms with Crippen LogP contribution in [0.5, 0.6) is 0 Å². The van der Waals surface area contributed by atoms with Crippen LogP contribution in [0.1, 0.15) is 0 Å². The highest BCUT2D eigenvalue weighted by Gasteiger charge is 2.29. The number of halogens is 1. The van der Waals surface area contributed by atoms with E-state index in [1.54, 1.807) is 0 Å². The zero-order valence-electron chi connectivity index (χ0n) is 11.8. The summed E-state index contributed by atoms with van der Waals surface area (Å²) in [6, 6.07) is 3.01. The Balaban J connectivity index is 2.07. The molecule has 122 valence electrons. The number of hydrogen-bond donors (Lipinski definition) is 2. The molecule has 2 N–H and O–H groups in total. The van der Waals surface area contributed by atoms with Crippen LogP contribution in [0.4, 0.5) is 10.1 Å². The molecule has 0 radical (unpaired) electrons. The van der Waals surface area contributed by atoms with Crippen LogP contribution in [-0.2, 0) is 10.0 Å². The van der Waals surface area contributed by atoms with Crippen molar-refractivity contribution in [1.82, 2.24) is 14.9 Å². The van der Waals surface area contributed by atoms with Gasteiger partial charge in [0.05, 0.1) is 4.92 Å². The minimum Gasteiger partial charge on any atom is -0.314 e. The van der Waals surface area contributed by atoms with Crippen LogP contribution in [0.15, 0.2) is 23.1 Å². The minimum absolute atomic E-state index is 0.107. The smallest absolute Gasteiger partial charge is 0.314 e. The fourth-order valence-corrected chi connectivity index (χ4v) is 3.44. The van der Waals surface area contributed by atoms with Gasteiger partial charge in [-0.05, 0) is 12.1 Å². The summed E-state index contributed by atoms with van der Waals surface area (Å²) in [6.45, 7) is 3.88. The van der Waals surface area contributed by atoms with Gasteiger partial charge >= 0.3 is 5.69 Å². The number of nitro benzene ring substituents is 1. The average Bonchev–Trinajstić information content (AvgIpc) is 2.47. The fourth-order valence-electron chi connectivity index (χ4n) is 2.24. The number of benzene rings is 1. The summed E-state index contributed by atoms with van der Waals surface area (Å²) in [4.78, 5) is 11.3. The van der Waals surface area contributed by atoms with Gasteiger partial charge in [-0.2, -0.15) is 4.39 Å². The molecule has 1 saturated heterocycles. The molecule has 0 amide bonds. The predicted octanol–water partition coefficient (Wildman–Crippen LogP) is -0.0826. The first-order valence-corrected chi connectivity index (χ1v) is 8.26. The van der Waals surface area contributed by atoms with Gasteiger partial charge < -0.3 is 5.32 Å². The third-order valence-corrected chi connectivity index (χ3v) is 4.84. The number of nitrogens with zero attached hydrogens (tertiary/aromatic N) is 2. The molecule has 22 heavy (non-hydrogen) atoms. The molecule has 0 aliphatic carbocycles. The Kier molecular flexibility index (Phi) is 5.40. The summed E-state index contributed by atoms with van der Waals surface area (Å²) >= 11 is 0. The van der Waals surface area contributed by atoms with Gasteiger partial charge in [0.25, 0.3) is 0 Å². The van der Waals surface area contributed by atoms with E-state index in [1.807, 2.05) is 0 Å². The first-order valence-electron chi connectivity index (χ1n) is 6.77. The molecule has 0 unspecified atom stereocenters. The molecule has 2 rings (SSSR count). The standard InChI is InChI=1S/C12H17FN4O4S/c13-10-2-1-3-11(12(10)17(18)19)22(20,21)15-6-9-16-7-4-14-5-8-16/h1-3,14-15H,4-9H2. The molecule has 1 aromatic rings. The lowest BCUT2D eigenvalue weighted by Gasteiger charge is -2.27. The summed E-state index contributed by atoms with van der Waals surface area (Å²) in [5.41, 5.74) is -1.03. The Labute approximate surface area is 127 Å². The quantitative estimate of drug-likeness (QED) is 0.558. The third kappa shape index (κ3) is 3.97. The van der Waals surface area contributed by atoms with Gasteiger partial charge in [0.15, 0.2) is 4.90 Å². The summed E-state index contributed by atoms with van der Waals surface area (Å²) in [6.07, 6.45) is 0. The van der Waals surface area contributed by atoms with Gasteiger partial charge in [-0.15, -0.1) is 0 Å². The van der Waals surface area contributed by atoms with E-state index in [4.69, 9.17) is 0 Å². The summed E-state index contributed by atoms with van der Waals surface area (Å²) in [5, 5.41) is 14.0. The number of sulfonamides is 1. The highest BCUT2D eigenvalue weighted by molar-refractivity contribution is 7.89. The van der Waals surface area contributed by atoms with Crippen molar-refractivity contribution in [2.24, 2.45) is 0 Å². The summed E-state index contributed by atoms with van der Waals surface area (Å²) in [5.74, 6) is -1.17. The van der Waals surface area contributed by atoms with Crippen molar-refractivity contribution in [1.29, 1.82) is 0 Å². The van der Waals surface area contributed by atoms with Crippen molar-refractivity contribution in [2.75, 3.05) is 39.3 Å². The minimum atomic E-state index is -4.13. The van der Waals surface area contributed by atoms with E-state index in [9.17, 15) is 22.9 Å². The monoisotopic (exact) mass is 332 g/mol. The number of para-hydroxylation sites is 1. The van der Waals surface area contributed by atoms with Gasteiger partial charge in [0, 0.05) is 39.3 Å². The van der Waals surface area contributed by atoms with Crippen LogP contribution in [0.25, 0.3) is 0 Å². The molecule has 0 atom stereocenters. The van der Waals surface area contributed by atoms with Crippen molar-refractivity contribution in [3.8, 4) is 0 Å². The van der Waals surface area contributed by atoms with E-state index < -0.39 is 31.3 Å². The molecule has 1 aliphatic rings. The van der Waals surface area contributed by atoms with Gasteiger partial charge in [0.2, 0.25) is 15.8 Å². The van der Waals surface area contributed by atoms with E-state index in [0.717, 1.165) is 44.4 Å². The molecule has 0 bridgehead atoms. The van der Waals surface area contributed by atoms with Gasteiger partial charge in [-0.25, -0.2) is 13.1 Å². The van der Waals surface area contributed by atoms with Crippen LogP contribution < -0.4 is 10.0 Å². The van der Waals surface area contributed by atoms with Gasteiger partial charge in [-0.3, -0.25) is 15.0 Å². The zero-order valence-corrected chi connectivity index (χ0v) is 12.6. The van der Waals surface area contributed by atoms with Crippen LogP contribution in [0, 0.1) is 15.9 Å². The van der Waals surface area contributed by atoms with Crippen LogP contribution >= 0.6 is 0 Å². The molecule has 0 saturated carbocycles. The van der Waals surface area contributed by atoms with E-state index in [2.05, 4.69) is 14.9 Å². The Morgan fingerprint density at radius 3 is 2.68 bits per heavy atom. The Bertz CT molecular complexity index is 647. The zero-order chi connectivity index (χ0) is 16.2. The second kappa shape index (κ2) is 7.09. The number of piperazine rings is 1. The average molecular weight is 332 g/mol. The maximum absolute atomic E-state index is 13.5. The normalized spacial score (nSPS) is 16.6. The Morgan fingerprint density at radius 2 is 2.05 bits per heavy atom. The highest BCUT2D eigenvalue weighted by Crippen LogP contribution is 2.26. The van der Waals surface area contributed by atoms with Crippen molar-refractivity contribution in [3.05, 3.63) is 34.1 Å². The molecule has 0 aromatic heterocycles. The molecule has 8 nitrogen and oxygen atoms in total. The summed E-state index contributed by atoms with van der Waals surface area (Å²) in [7, 11) is -4.13. The molecule has 1 heterocycles. The Morgan fingerprint density at radius 1 is 1.36 bits per heavy atom. The molecule has 1 aromatic carbocycles. The van der Waals surface area contributed by atoms with Crippen molar-refractivity contribution >= 4 is 15.7 Å². The SMILES string of the molecule is O=[N+]([O-])c1c(F)cccc1S(=O)(=O)NCCN1CCNCC1. The van der Waals surface area contributed by atoms with E-state index in [1.165, 1.54) is 0 Å². The van der Waals surface area contributed by atoms with Crippen molar-refractivity contribution < 1.29 is 17.7 Å². The molecular formula is C12H17FN4O4S. The number of hydrogen-bond acceptors (Lipinski definition) is 6. The lowest BCUT2D eigenvalue weighted by molar-refractivity contribution is -0.390. The van der Waals surface area contributed by atoms with Crippen LogP contribution in [0.2, 0.25) is 0 Å². The van der Waals surface area contributed by atoms with Gasteiger partial charge in [-0.1, -0.05) is 6.07 Å². The molecule has 0 spiro atoms. The van der Waals surface area contributed by atoms with Gasteiger partial charge in [0.1, 0.15) is 0 Å². The number of nitrogens with one attached hydrogen (secondary N) is 2. The molecular weight excluding hydrogens is 315 g/mol. The first kappa shape index (κ1) is 16.7. The van der Waals surface area contributed by atoms with E-state index in [-0.39, 0.29) is 6.54 Å². The van der Waals surface area contributed by atoms with Crippen LogP contribution in [-0.4, -0.2) is 57.5 Å². The van der Waals surface area contributed by atoms with Crippen molar-refractivity contribution in [3.63, 3.8) is 0 Å². The second-order valence-corrected chi connectivity index (χ2v) is 6.57. The lowest BCUT2D eigenvalue weighted by atomic mass is 10.3. The number of rotatable bonds is 6. The summed E-state index contributed by atoms with van der Waals surface area (Å²) < 4.78 is 40.1. The first-order chi connectivity index (χ1) is 10.4. The topological polar surface area (TPSA) is 105 Å². The van der Waals surface area contributed by atoms with Crippen molar-refractivity contribution in [2.45, 2.75) is 4.90 Å². The lowest BCUT2D eigenvalue weighted by Crippen LogP contribution is -2.46. The second-order valence-electron chi connectivity index (χ2n) is 4.83. The molecule has 1 aliphatic heterocycles. The van der Waals surface area contributed by atoms with Crippen LogP contribution in [0.3, 0.4) is 0 Å². The molecule has 1 fully saturated rings. The largest absolute Gasteiger partial charge is 0.324 e. The number of nitro groups is 1. The maximum atomic E-state index is 13.5. The maximum Gasteiger partial charge on any atom is 0.324 e.